The molecule has 2 aromatic heterocycles. The van der Waals surface area contributed by atoms with Crippen molar-refractivity contribution in [3.05, 3.63) is 59.0 Å². The minimum atomic E-state index is -0.0498. The van der Waals surface area contributed by atoms with Gasteiger partial charge in [-0.1, -0.05) is 17.7 Å². The number of carbonyl (C=O) groups is 1. The average molecular weight is 336 g/mol. The minimum absolute atomic E-state index is 0.0498. The summed E-state index contributed by atoms with van der Waals surface area (Å²) in [6.07, 6.45) is 6.90. The van der Waals surface area contributed by atoms with Crippen LogP contribution >= 0.6 is 11.3 Å². The highest BCUT2D eigenvalue weighted by Crippen LogP contribution is 2.30. The Hall–Kier alpha value is -2.60. The lowest BCUT2D eigenvalue weighted by Gasteiger charge is -2.29. The van der Waals surface area contributed by atoms with Gasteiger partial charge < -0.3 is 4.90 Å². The fraction of sp³-hybridized carbons (Fsp3) is 0.222. The summed E-state index contributed by atoms with van der Waals surface area (Å²) in [5.74, 6) is -0.0498. The number of anilines is 1. The highest BCUT2D eigenvalue weighted by molar-refractivity contribution is 7.13. The molecule has 3 heterocycles. The normalized spacial score (nSPS) is 13.6. The van der Waals surface area contributed by atoms with Crippen LogP contribution in [0.25, 0.3) is 10.7 Å². The van der Waals surface area contributed by atoms with E-state index in [1.807, 2.05) is 11.0 Å². The van der Waals surface area contributed by atoms with Crippen molar-refractivity contribution < 1.29 is 4.79 Å². The Morgan fingerprint density at radius 2 is 2.21 bits per heavy atom. The summed E-state index contributed by atoms with van der Waals surface area (Å²) in [6, 6.07) is 6.26. The lowest BCUT2D eigenvalue weighted by atomic mass is 9.99. The van der Waals surface area contributed by atoms with Crippen molar-refractivity contribution in [2.45, 2.75) is 19.8 Å². The molecule has 0 saturated heterocycles. The molecular weight excluding hydrogens is 320 g/mol. The Kier molecular flexibility index (Phi) is 3.82. The third kappa shape index (κ3) is 2.69. The van der Waals surface area contributed by atoms with Gasteiger partial charge in [0.05, 0.1) is 6.20 Å². The predicted octanol–water partition coefficient (Wildman–Crippen LogP) is 3.50. The van der Waals surface area contributed by atoms with Crippen LogP contribution in [0.4, 0.5) is 5.69 Å². The maximum Gasteiger partial charge on any atom is 0.277 e. The van der Waals surface area contributed by atoms with Gasteiger partial charge in [0.25, 0.3) is 5.91 Å². The summed E-state index contributed by atoms with van der Waals surface area (Å²) in [5.41, 5.74) is 4.62. The molecule has 1 aromatic carbocycles. The summed E-state index contributed by atoms with van der Waals surface area (Å²) < 4.78 is 0. The van der Waals surface area contributed by atoms with Crippen LogP contribution < -0.4 is 4.90 Å². The molecule has 0 radical (unpaired) electrons. The monoisotopic (exact) mass is 336 g/mol. The average Bonchev–Trinajstić information content (AvgIpc) is 3.11. The van der Waals surface area contributed by atoms with E-state index in [9.17, 15) is 4.79 Å². The number of thiazole rings is 1. The maximum absolute atomic E-state index is 12.9. The van der Waals surface area contributed by atoms with Gasteiger partial charge in [-0.05, 0) is 31.4 Å². The second-order valence-corrected chi connectivity index (χ2v) is 6.68. The number of aryl methyl sites for hydroxylation is 2. The van der Waals surface area contributed by atoms with Crippen molar-refractivity contribution in [1.29, 1.82) is 0 Å². The van der Waals surface area contributed by atoms with Crippen molar-refractivity contribution in [1.82, 2.24) is 15.0 Å². The fourth-order valence-electron chi connectivity index (χ4n) is 2.97. The molecule has 5 nitrogen and oxygen atoms in total. The Balaban J connectivity index is 1.65. The highest BCUT2D eigenvalue weighted by Gasteiger charge is 2.25. The van der Waals surface area contributed by atoms with Gasteiger partial charge >= 0.3 is 0 Å². The number of amides is 1. The Bertz CT molecular complexity index is 891. The molecule has 24 heavy (non-hydrogen) atoms. The second kappa shape index (κ2) is 6.13. The molecule has 6 heteroatoms. The van der Waals surface area contributed by atoms with Gasteiger partial charge in [-0.15, -0.1) is 11.3 Å². The minimum Gasteiger partial charge on any atom is -0.307 e. The van der Waals surface area contributed by atoms with Gasteiger partial charge in [-0.25, -0.2) is 4.98 Å². The first-order valence-corrected chi connectivity index (χ1v) is 8.73. The predicted molar refractivity (Wildman–Crippen MR) is 94.3 cm³/mol. The number of nitrogens with zero attached hydrogens (tertiary/aromatic N) is 4. The number of benzene rings is 1. The summed E-state index contributed by atoms with van der Waals surface area (Å²) >= 11 is 1.42. The van der Waals surface area contributed by atoms with E-state index in [-0.39, 0.29) is 5.91 Å². The van der Waals surface area contributed by atoms with Crippen LogP contribution in [0.1, 0.15) is 28.0 Å². The molecule has 0 N–H and O–H groups in total. The van der Waals surface area contributed by atoms with E-state index in [1.165, 1.54) is 22.5 Å². The highest BCUT2D eigenvalue weighted by atomic mass is 32.1. The van der Waals surface area contributed by atoms with Crippen molar-refractivity contribution >= 4 is 22.9 Å². The van der Waals surface area contributed by atoms with Crippen LogP contribution in [0.5, 0.6) is 0 Å². The van der Waals surface area contributed by atoms with Gasteiger partial charge in [-0.3, -0.25) is 14.8 Å². The Morgan fingerprint density at radius 1 is 1.29 bits per heavy atom. The zero-order chi connectivity index (χ0) is 16.5. The summed E-state index contributed by atoms with van der Waals surface area (Å²) in [4.78, 5) is 27.5. The van der Waals surface area contributed by atoms with Crippen LogP contribution in [0, 0.1) is 6.92 Å². The number of carbonyl (C=O) groups excluding carboxylic acids is 1. The largest absolute Gasteiger partial charge is 0.307 e. The molecule has 1 aliphatic heterocycles. The van der Waals surface area contributed by atoms with Crippen LogP contribution in [-0.4, -0.2) is 27.4 Å². The second-order valence-electron chi connectivity index (χ2n) is 5.82. The number of hydrogen-bond donors (Lipinski definition) is 0. The van der Waals surface area contributed by atoms with Crippen molar-refractivity contribution in [3.8, 4) is 10.7 Å². The number of hydrogen-bond acceptors (Lipinski definition) is 5. The van der Waals surface area contributed by atoms with E-state index in [2.05, 4.69) is 34.0 Å². The summed E-state index contributed by atoms with van der Waals surface area (Å²) in [5, 5.41) is 2.52. The lowest BCUT2D eigenvalue weighted by molar-refractivity contribution is 0.0981. The van der Waals surface area contributed by atoms with Crippen molar-refractivity contribution in [3.63, 3.8) is 0 Å². The first kappa shape index (κ1) is 15.0. The third-order valence-corrected chi connectivity index (χ3v) is 4.97. The van der Waals surface area contributed by atoms with Crippen LogP contribution in [0.3, 0.4) is 0 Å². The van der Waals surface area contributed by atoms with Crippen LogP contribution in [0.15, 0.2) is 42.2 Å². The van der Waals surface area contributed by atoms with Gasteiger partial charge in [0.1, 0.15) is 16.4 Å². The SMILES string of the molecule is Cc1ccc2c(c1)CCCN2C(=O)c1csc(-c2cnccn2)n1. The fourth-order valence-corrected chi connectivity index (χ4v) is 3.73. The molecule has 0 atom stereocenters. The molecule has 1 aliphatic rings. The smallest absolute Gasteiger partial charge is 0.277 e. The van der Waals surface area contributed by atoms with Gasteiger partial charge in [0, 0.05) is 30.0 Å². The number of aromatic nitrogens is 3. The van der Waals surface area contributed by atoms with E-state index in [0.29, 0.717) is 16.4 Å². The van der Waals surface area contributed by atoms with Crippen molar-refractivity contribution in [2.24, 2.45) is 0 Å². The number of fused-ring (bicyclic) bond motifs is 1. The van der Waals surface area contributed by atoms with Gasteiger partial charge in [0.2, 0.25) is 0 Å². The molecule has 3 aromatic rings. The molecular formula is C18H16N4OS. The molecule has 1 amide bonds. The first-order chi connectivity index (χ1) is 11.7. The number of rotatable bonds is 2. The molecule has 0 bridgehead atoms. The van der Waals surface area contributed by atoms with Crippen molar-refractivity contribution in [2.75, 3.05) is 11.4 Å². The molecule has 0 saturated carbocycles. The molecule has 4 rings (SSSR count). The Morgan fingerprint density at radius 3 is 3.04 bits per heavy atom. The zero-order valence-corrected chi connectivity index (χ0v) is 14.1. The maximum atomic E-state index is 12.9. The topological polar surface area (TPSA) is 59.0 Å². The van der Waals surface area contributed by atoms with E-state index in [0.717, 1.165) is 25.1 Å². The Labute approximate surface area is 144 Å². The van der Waals surface area contributed by atoms with E-state index < -0.39 is 0 Å². The van der Waals surface area contributed by atoms with E-state index >= 15 is 0 Å². The van der Waals surface area contributed by atoms with E-state index in [1.54, 1.807) is 24.0 Å². The molecule has 0 fully saturated rings. The molecule has 120 valence electrons. The standard InChI is InChI=1S/C18H16N4OS/c1-12-4-5-16-13(9-12)3-2-8-22(16)18(23)15-11-24-17(21-15)14-10-19-6-7-20-14/h4-7,9-11H,2-3,8H2,1H3. The summed E-state index contributed by atoms with van der Waals surface area (Å²) in [7, 11) is 0. The zero-order valence-electron chi connectivity index (χ0n) is 13.3. The summed E-state index contributed by atoms with van der Waals surface area (Å²) in [6.45, 7) is 2.81. The molecule has 0 spiro atoms. The first-order valence-electron chi connectivity index (χ1n) is 7.86. The van der Waals surface area contributed by atoms with Crippen LogP contribution in [0.2, 0.25) is 0 Å². The third-order valence-electron chi connectivity index (χ3n) is 4.10. The lowest BCUT2D eigenvalue weighted by Crippen LogP contribution is -2.35. The van der Waals surface area contributed by atoms with E-state index in [4.69, 9.17) is 0 Å². The van der Waals surface area contributed by atoms with Crippen LogP contribution in [-0.2, 0) is 6.42 Å². The quantitative estimate of drug-likeness (QED) is 0.719. The van der Waals surface area contributed by atoms with Gasteiger partial charge in [-0.2, -0.15) is 0 Å². The molecule has 0 aliphatic carbocycles. The van der Waals surface area contributed by atoms with Gasteiger partial charge in [0.15, 0.2) is 0 Å². The molecule has 0 unspecified atom stereocenters.